The van der Waals surface area contributed by atoms with Gasteiger partial charge in [-0.25, -0.2) is 0 Å². The summed E-state index contributed by atoms with van der Waals surface area (Å²) in [5.41, 5.74) is 0. The molecule has 2 unspecified atom stereocenters. The van der Waals surface area contributed by atoms with Crippen molar-refractivity contribution in [3.63, 3.8) is 0 Å². The van der Waals surface area contributed by atoms with Gasteiger partial charge in [-0.3, -0.25) is 4.79 Å². The third-order valence-corrected chi connectivity index (χ3v) is 10.4. The lowest BCUT2D eigenvalue weighted by molar-refractivity contribution is -0.123. The Morgan fingerprint density at radius 1 is 0.446 bits per heavy atom. The van der Waals surface area contributed by atoms with Crippen LogP contribution in [0.4, 0.5) is 0 Å². The van der Waals surface area contributed by atoms with Gasteiger partial charge < -0.3 is 15.5 Å². The number of amides is 1. The minimum atomic E-state index is -0.867. The Morgan fingerprint density at radius 3 is 1.25 bits per heavy atom. The Labute approximate surface area is 348 Å². The normalized spacial score (nSPS) is 13.7. The fourth-order valence-electron chi connectivity index (χ4n) is 6.75. The Morgan fingerprint density at radius 2 is 0.804 bits per heavy atom. The third kappa shape index (κ3) is 42.7. The number of hydrogen-bond acceptors (Lipinski definition) is 3. The Bertz CT molecular complexity index is 1020. The first kappa shape index (κ1) is 53.6. The minimum Gasteiger partial charge on any atom is -0.394 e. The lowest BCUT2D eigenvalue weighted by Crippen LogP contribution is -2.45. The molecule has 0 saturated heterocycles. The summed E-state index contributed by atoms with van der Waals surface area (Å²) in [5.74, 6) is -0.0804. The second-order valence-corrected chi connectivity index (χ2v) is 15.8. The molecule has 0 aromatic rings. The molecule has 0 fully saturated rings. The number of rotatable bonds is 42. The quantitative estimate of drug-likeness (QED) is 0.0427. The molecule has 0 aliphatic carbocycles. The van der Waals surface area contributed by atoms with Gasteiger partial charge in [0.1, 0.15) is 0 Å². The van der Waals surface area contributed by atoms with Crippen LogP contribution in [-0.4, -0.2) is 34.9 Å². The van der Waals surface area contributed by atoms with Crippen molar-refractivity contribution in [2.45, 2.75) is 231 Å². The molecule has 0 aromatic heterocycles. The van der Waals surface area contributed by atoms with E-state index < -0.39 is 12.1 Å². The van der Waals surface area contributed by atoms with E-state index >= 15 is 0 Å². The smallest absolute Gasteiger partial charge is 0.220 e. The fourth-order valence-corrected chi connectivity index (χ4v) is 6.75. The highest BCUT2D eigenvalue weighted by Gasteiger charge is 2.17. The van der Waals surface area contributed by atoms with Gasteiger partial charge in [0.05, 0.1) is 18.8 Å². The first-order valence-electron chi connectivity index (χ1n) is 23.8. The van der Waals surface area contributed by atoms with Crippen LogP contribution in [0.15, 0.2) is 85.1 Å². The summed E-state index contributed by atoms with van der Waals surface area (Å²) in [4.78, 5) is 12.4. The van der Waals surface area contributed by atoms with Gasteiger partial charge in [-0.1, -0.05) is 221 Å². The van der Waals surface area contributed by atoms with Crippen LogP contribution in [0.25, 0.3) is 0 Å². The zero-order chi connectivity index (χ0) is 40.7. The molecule has 0 aromatic carbocycles. The maximum Gasteiger partial charge on any atom is 0.220 e. The molecule has 3 N–H and O–H groups in total. The van der Waals surface area contributed by atoms with Crippen LogP contribution in [-0.2, 0) is 4.79 Å². The van der Waals surface area contributed by atoms with Gasteiger partial charge in [0.2, 0.25) is 5.91 Å². The number of aliphatic hydroxyl groups excluding tert-OH is 2. The summed E-state index contributed by atoms with van der Waals surface area (Å²) < 4.78 is 0. The molecule has 2 atom stereocenters. The van der Waals surface area contributed by atoms with Gasteiger partial charge in [0, 0.05) is 6.42 Å². The van der Waals surface area contributed by atoms with Crippen molar-refractivity contribution < 1.29 is 15.0 Å². The van der Waals surface area contributed by atoms with Crippen molar-refractivity contribution in [2.24, 2.45) is 0 Å². The molecule has 322 valence electrons. The summed E-state index contributed by atoms with van der Waals surface area (Å²) in [6.07, 6.45) is 68.4. The molecule has 0 bridgehead atoms. The van der Waals surface area contributed by atoms with Crippen LogP contribution in [0.2, 0.25) is 0 Å². The van der Waals surface area contributed by atoms with E-state index in [1.54, 1.807) is 6.08 Å². The van der Waals surface area contributed by atoms with Crippen molar-refractivity contribution in [3.05, 3.63) is 85.1 Å². The number of allylic oxidation sites excluding steroid dienone is 13. The van der Waals surface area contributed by atoms with E-state index in [0.29, 0.717) is 6.42 Å². The van der Waals surface area contributed by atoms with Crippen LogP contribution in [0, 0.1) is 0 Å². The molecular weight excluding hydrogens is 687 g/mol. The van der Waals surface area contributed by atoms with E-state index in [-0.39, 0.29) is 12.5 Å². The summed E-state index contributed by atoms with van der Waals surface area (Å²) >= 11 is 0. The lowest BCUT2D eigenvalue weighted by Gasteiger charge is -2.19. The van der Waals surface area contributed by atoms with E-state index in [1.807, 2.05) is 6.08 Å². The number of unbranched alkanes of at least 4 members (excludes halogenated alkanes) is 23. The van der Waals surface area contributed by atoms with Crippen molar-refractivity contribution in [2.75, 3.05) is 6.61 Å². The molecule has 0 aliphatic heterocycles. The molecule has 4 heteroatoms. The van der Waals surface area contributed by atoms with E-state index in [9.17, 15) is 15.0 Å². The maximum atomic E-state index is 12.4. The summed E-state index contributed by atoms with van der Waals surface area (Å²) in [5, 5.41) is 23.0. The molecule has 0 rings (SSSR count). The predicted molar refractivity (Wildman–Crippen MR) is 248 cm³/mol. The number of aliphatic hydroxyl groups is 2. The van der Waals surface area contributed by atoms with Gasteiger partial charge in [-0.15, -0.1) is 0 Å². The second kappa shape index (κ2) is 46.9. The molecule has 0 radical (unpaired) electrons. The highest BCUT2D eigenvalue weighted by molar-refractivity contribution is 5.76. The Balaban J connectivity index is 3.61. The molecule has 0 saturated carbocycles. The standard InChI is InChI=1S/C52H91NO3/c1-3-5-7-9-11-13-15-17-19-21-22-23-24-25-26-27-28-29-30-32-34-36-38-40-42-44-46-48-52(56)53-50(49-54)51(55)47-45-43-41-39-37-35-33-31-20-18-16-14-12-10-8-6-4-2/h5,7,11,13,17,19,22-23,25-26,37,39,45,47,50-51,54-55H,3-4,6,8-10,12,14-16,18,20-21,24,27-36,38,40-44,46,48-49H2,1-2H3,(H,53,56)/b7-5-,13-11-,19-17-,23-22-,26-25-,39-37+,47-45+. The SMILES string of the molecule is CC/C=C\C/C=C\C/C=C\C/C=C\C/C=C\CCCCCCCCCCCCCC(=O)NC(CO)C(O)/C=C/CC/C=C/CCCCCCCCCCCCC. The van der Waals surface area contributed by atoms with Gasteiger partial charge in [-0.05, 0) is 77.0 Å². The van der Waals surface area contributed by atoms with Crippen molar-refractivity contribution in [1.82, 2.24) is 5.32 Å². The highest BCUT2D eigenvalue weighted by Crippen LogP contribution is 2.14. The Kier molecular flexibility index (Phi) is 44.9. The highest BCUT2D eigenvalue weighted by atomic mass is 16.3. The fraction of sp³-hybridized carbons (Fsp3) is 0.712. The second-order valence-electron chi connectivity index (χ2n) is 15.8. The van der Waals surface area contributed by atoms with Crippen LogP contribution in [0.5, 0.6) is 0 Å². The summed E-state index contributed by atoms with van der Waals surface area (Å²) in [6, 6.07) is -0.645. The van der Waals surface area contributed by atoms with Crippen LogP contribution in [0.1, 0.15) is 219 Å². The molecule has 0 heterocycles. The van der Waals surface area contributed by atoms with E-state index in [0.717, 1.165) is 64.2 Å². The summed E-state index contributed by atoms with van der Waals surface area (Å²) in [6.45, 7) is 4.18. The van der Waals surface area contributed by atoms with Crippen LogP contribution >= 0.6 is 0 Å². The molecule has 0 aliphatic rings. The average Bonchev–Trinajstić information content (AvgIpc) is 3.20. The number of hydrogen-bond donors (Lipinski definition) is 3. The zero-order valence-electron chi connectivity index (χ0n) is 36.9. The largest absolute Gasteiger partial charge is 0.394 e. The van der Waals surface area contributed by atoms with Gasteiger partial charge >= 0.3 is 0 Å². The number of carbonyl (C=O) groups excluding carboxylic acids is 1. The van der Waals surface area contributed by atoms with Crippen LogP contribution in [0.3, 0.4) is 0 Å². The molecule has 56 heavy (non-hydrogen) atoms. The zero-order valence-corrected chi connectivity index (χ0v) is 36.9. The first-order chi connectivity index (χ1) is 27.7. The number of carbonyl (C=O) groups is 1. The van der Waals surface area contributed by atoms with Crippen molar-refractivity contribution in [1.29, 1.82) is 0 Å². The molecule has 4 nitrogen and oxygen atoms in total. The topological polar surface area (TPSA) is 69.6 Å². The van der Waals surface area contributed by atoms with E-state index in [1.165, 1.54) is 135 Å². The lowest BCUT2D eigenvalue weighted by atomic mass is 10.0. The van der Waals surface area contributed by atoms with Crippen LogP contribution < -0.4 is 5.32 Å². The third-order valence-electron chi connectivity index (χ3n) is 10.4. The first-order valence-corrected chi connectivity index (χ1v) is 23.8. The molecular formula is C52H91NO3. The predicted octanol–water partition coefficient (Wildman–Crippen LogP) is 15.2. The monoisotopic (exact) mass is 778 g/mol. The van der Waals surface area contributed by atoms with E-state index in [2.05, 4.69) is 92.1 Å². The minimum absolute atomic E-state index is 0.0804. The van der Waals surface area contributed by atoms with Crippen molar-refractivity contribution >= 4 is 5.91 Å². The van der Waals surface area contributed by atoms with Crippen molar-refractivity contribution in [3.8, 4) is 0 Å². The van der Waals surface area contributed by atoms with E-state index in [4.69, 9.17) is 0 Å². The van der Waals surface area contributed by atoms with Gasteiger partial charge in [0.25, 0.3) is 0 Å². The van der Waals surface area contributed by atoms with Gasteiger partial charge in [-0.2, -0.15) is 0 Å². The molecule has 0 spiro atoms. The maximum absolute atomic E-state index is 12.4. The number of nitrogens with one attached hydrogen (secondary N) is 1. The van der Waals surface area contributed by atoms with Gasteiger partial charge in [0.15, 0.2) is 0 Å². The summed E-state index contributed by atoms with van der Waals surface area (Å²) in [7, 11) is 0. The molecule has 1 amide bonds. The Hall–Kier alpha value is -2.43. The average molecular weight is 778 g/mol.